The molecule has 3 rings (SSSR count). The topological polar surface area (TPSA) is 147 Å². The highest BCUT2D eigenvalue weighted by atomic mass is 32.2. The van der Waals surface area contributed by atoms with Crippen molar-refractivity contribution in [3.8, 4) is 0 Å². The Morgan fingerprint density at radius 2 is 2.00 bits per heavy atom. The Morgan fingerprint density at radius 3 is 2.56 bits per heavy atom. The second-order valence-electron chi connectivity index (χ2n) is 6.18. The fraction of sp³-hybridized carbons (Fsp3) is 0.533. The Kier molecular flexibility index (Phi) is 5.76. The smallest absolute Gasteiger partial charge is 0.261 e. The normalized spacial score (nSPS) is 28.8. The second-order valence-corrected chi connectivity index (χ2v) is 7.65. The van der Waals surface area contributed by atoms with Crippen LogP contribution in [0, 0.1) is 11.8 Å². The first-order valence-corrected chi connectivity index (χ1v) is 9.60. The van der Waals surface area contributed by atoms with E-state index in [-0.39, 0.29) is 35.5 Å². The Hall–Kier alpha value is -2.04. The molecule has 2 aliphatic heterocycles. The van der Waals surface area contributed by atoms with Crippen molar-refractivity contribution in [3.05, 3.63) is 23.9 Å². The van der Waals surface area contributed by atoms with Gasteiger partial charge in [-0.05, 0) is 12.0 Å². The van der Waals surface area contributed by atoms with Gasteiger partial charge < -0.3 is 10.6 Å². The molecule has 1 saturated heterocycles. The van der Waals surface area contributed by atoms with Crippen LogP contribution in [0.2, 0.25) is 0 Å². The molecule has 2 heterocycles. The van der Waals surface area contributed by atoms with Crippen LogP contribution in [0.3, 0.4) is 0 Å². The molecular formula is C15H21N3O6S. The Bertz CT molecular complexity index is 734. The molecule has 0 aromatic carbocycles. The number of nitrogens with two attached hydrogens (primary N) is 1. The number of fused-ring (bicyclic) bond motifs is 1. The van der Waals surface area contributed by atoms with Crippen molar-refractivity contribution in [3.63, 3.8) is 0 Å². The fourth-order valence-corrected chi connectivity index (χ4v) is 3.05. The first-order chi connectivity index (χ1) is 11.6. The minimum absolute atomic E-state index is 0.121. The van der Waals surface area contributed by atoms with Crippen molar-refractivity contribution in [2.75, 3.05) is 19.3 Å². The first-order valence-electron chi connectivity index (χ1n) is 7.75. The molecule has 0 aromatic heterocycles. The number of rotatable bonds is 2. The lowest BCUT2D eigenvalue weighted by molar-refractivity contribution is -0.137. The van der Waals surface area contributed by atoms with Crippen molar-refractivity contribution >= 4 is 27.7 Å². The van der Waals surface area contributed by atoms with Gasteiger partial charge in [0.2, 0.25) is 11.8 Å². The molecule has 1 fully saturated rings. The molecule has 0 spiro atoms. The number of hydrogen-bond acceptors (Lipinski definition) is 7. The van der Waals surface area contributed by atoms with E-state index in [1.807, 2.05) is 23.3 Å². The highest BCUT2D eigenvalue weighted by molar-refractivity contribution is 7.85. The van der Waals surface area contributed by atoms with Gasteiger partial charge in [0, 0.05) is 31.6 Å². The van der Waals surface area contributed by atoms with Gasteiger partial charge in [0.15, 0.2) is 0 Å². The van der Waals surface area contributed by atoms with Crippen molar-refractivity contribution in [2.45, 2.75) is 18.9 Å². The average molecular weight is 371 g/mol. The van der Waals surface area contributed by atoms with E-state index in [1.54, 1.807) is 0 Å². The molecule has 10 heteroatoms. The summed E-state index contributed by atoms with van der Waals surface area (Å²) in [4.78, 5) is 37.2. The summed E-state index contributed by atoms with van der Waals surface area (Å²) >= 11 is 0. The van der Waals surface area contributed by atoms with Crippen molar-refractivity contribution in [1.82, 2.24) is 10.2 Å². The van der Waals surface area contributed by atoms with E-state index in [2.05, 4.69) is 5.32 Å². The maximum atomic E-state index is 12.2. The quantitative estimate of drug-likeness (QED) is 0.406. The molecule has 3 unspecified atom stereocenters. The maximum absolute atomic E-state index is 12.2. The minimum Gasteiger partial charge on any atom is -0.364 e. The number of piperidine rings is 1. The van der Waals surface area contributed by atoms with Gasteiger partial charge in [-0.3, -0.25) is 24.3 Å². The molecule has 9 nitrogen and oxygen atoms in total. The van der Waals surface area contributed by atoms with E-state index in [4.69, 9.17) is 10.3 Å². The summed E-state index contributed by atoms with van der Waals surface area (Å²) in [5.41, 5.74) is 6.52. The van der Waals surface area contributed by atoms with Crippen LogP contribution in [0.5, 0.6) is 0 Å². The number of allylic oxidation sites excluding steroid dienone is 1. The monoisotopic (exact) mass is 371 g/mol. The molecule has 4 N–H and O–H groups in total. The zero-order chi connectivity index (χ0) is 18.8. The van der Waals surface area contributed by atoms with E-state index < -0.39 is 10.1 Å². The standard InChI is InChI=1S/C14H17N3O3.CH4O3S/c15-5-8-1-2-9-6-17(7-10(9)13(8)19)11-3-4-12(18)16-14(11)20;1-5(2,3)4/h1-2,6,8,10-11H,3-5,7,15H2,(H,16,18,20);1H3,(H,2,3,4). The van der Waals surface area contributed by atoms with Gasteiger partial charge in [-0.25, -0.2) is 0 Å². The highest BCUT2D eigenvalue weighted by Gasteiger charge is 2.40. The summed E-state index contributed by atoms with van der Waals surface area (Å²) in [6, 6.07) is -0.358. The molecular weight excluding hydrogens is 350 g/mol. The number of nitrogens with one attached hydrogen (secondary N) is 1. The first kappa shape index (κ1) is 19.3. The summed E-state index contributed by atoms with van der Waals surface area (Å²) in [5, 5.41) is 2.35. The van der Waals surface area contributed by atoms with E-state index in [0.29, 0.717) is 32.2 Å². The molecule has 3 atom stereocenters. The van der Waals surface area contributed by atoms with E-state index in [0.717, 1.165) is 5.57 Å². The van der Waals surface area contributed by atoms with Gasteiger partial charge in [0.1, 0.15) is 11.8 Å². The lowest BCUT2D eigenvalue weighted by Gasteiger charge is -2.30. The molecule has 0 aromatic rings. The van der Waals surface area contributed by atoms with Crippen molar-refractivity contribution in [2.24, 2.45) is 17.6 Å². The molecule has 25 heavy (non-hydrogen) atoms. The van der Waals surface area contributed by atoms with Gasteiger partial charge >= 0.3 is 0 Å². The summed E-state index contributed by atoms with van der Waals surface area (Å²) < 4.78 is 25.9. The lowest BCUT2D eigenvalue weighted by Crippen LogP contribution is -2.51. The van der Waals surface area contributed by atoms with Gasteiger partial charge in [-0.15, -0.1) is 0 Å². The Labute approximate surface area is 145 Å². The molecule has 138 valence electrons. The third kappa shape index (κ3) is 4.97. The van der Waals surface area contributed by atoms with Gasteiger partial charge in [0.05, 0.1) is 12.2 Å². The zero-order valence-electron chi connectivity index (χ0n) is 13.7. The summed E-state index contributed by atoms with van der Waals surface area (Å²) in [5.74, 6) is -0.799. The van der Waals surface area contributed by atoms with Crippen molar-refractivity contribution < 1.29 is 27.4 Å². The average Bonchev–Trinajstić information content (AvgIpc) is 2.90. The van der Waals surface area contributed by atoms with Crippen LogP contribution in [-0.2, 0) is 24.5 Å². The SMILES string of the molecule is CS(=O)(=O)O.NCC1C=CC2=CN(C3CCC(=O)NC3=O)CC2C1=O. The van der Waals surface area contributed by atoms with Crippen LogP contribution in [0.4, 0.5) is 0 Å². The van der Waals surface area contributed by atoms with Crippen LogP contribution in [0.15, 0.2) is 23.9 Å². The third-order valence-corrected chi connectivity index (χ3v) is 4.20. The van der Waals surface area contributed by atoms with E-state index >= 15 is 0 Å². The molecule has 1 aliphatic carbocycles. The number of nitrogens with zero attached hydrogens (tertiary/aromatic N) is 1. The number of carbonyl (C=O) groups excluding carboxylic acids is 3. The number of ketones is 1. The molecule has 0 bridgehead atoms. The highest BCUT2D eigenvalue weighted by Crippen LogP contribution is 2.32. The minimum atomic E-state index is -3.67. The summed E-state index contributed by atoms with van der Waals surface area (Å²) in [7, 11) is -3.67. The van der Waals surface area contributed by atoms with E-state index in [1.165, 1.54) is 0 Å². The lowest BCUT2D eigenvalue weighted by atomic mass is 9.83. The third-order valence-electron chi connectivity index (χ3n) is 4.20. The molecule has 0 saturated carbocycles. The molecule has 0 radical (unpaired) electrons. The maximum Gasteiger partial charge on any atom is 0.261 e. The predicted octanol–water partition coefficient (Wildman–Crippen LogP) is -1.17. The second kappa shape index (κ2) is 7.46. The Balaban J connectivity index is 0.000000399. The van der Waals surface area contributed by atoms with E-state index in [9.17, 15) is 22.8 Å². The molecule has 2 amide bonds. The van der Waals surface area contributed by atoms with Gasteiger partial charge in [-0.2, -0.15) is 8.42 Å². The van der Waals surface area contributed by atoms with Gasteiger partial charge in [-0.1, -0.05) is 12.2 Å². The number of imide groups is 1. The van der Waals surface area contributed by atoms with Crippen LogP contribution in [-0.4, -0.2) is 60.9 Å². The van der Waals surface area contributed by atoms with Gasteiger partial charge in [0.25, 0.3) is 10.1 Å². The van der Waals surface area contributed by atoms with Crippen LogP contribution in [0.1, 0.15) is 12.8 Å². The number of carbonyl (C=O) groups is 3. The largest absolute Gasteiger partial charge is 0.364 e. The van der Waals surface area contributed by atoms with Crippen LogP contribution in [0.25, 0.3) is 0 Å². The number of Topliss-reactive ketones (excluding diaryl/α,β-unsaturated/α-hetero) is 1. The van der Waals surface area contributed by atoms with Crippen LogP contribution >= 0.6 is 0 Å². The summed E-state index contributed by atoms with van der Waals surface area (Å²) in [6.45, 7) is 0.818. The number of hydrogen-bond donors (Lipinski definition) is 3. The zero-order valence-corrected chi connectivity index (χ0v) is 14.5. The Morgan fingerprint density at radius 1 is 1.36 bits per heavy atom. The fourth-order valence-electron chi connectivity index (χ4n) is 3.05. The summed E-state index contributed by atoms with van der Waals surface area (Å²) in [6.07, 6.45) is 7.18. The van der Waals surface area contributed by atoms with Crippen molar-refractivity contribution in [1.29, 1.82) is 0 Å². The molecule has 3 aliphatic rings. The number of amides is 2. The predicted molar refractivity (Wildman–Crippen MR) is 88.6 cm³/mol. The van der Waals surface area contributed by atoms with Crippen LogP contribution < -0.4 is 11.1 Å².